The van der Waals surface area contributed by atoms with Crippen molar-refractivity contribution in [3.63, 3.8) is 0 Å². The van der Waals surface area contributed by atoms with Crippen molar-refractivity contribution in [1.82, 2.24) is 9.03 Å². The fourth-order valence-corrected chi connectivity index (χ4v) is 2.37. The van der Waals surface area contributed by atoms with Crippen LogP contribution in [0.5, 0.6) is 5.75 Å². The Balaban J connectivity index is 2.60. The second-order valence-corrected chi connectivity index (χ2v) is 7.24. The summed E-state index contributed by atoms with van der Waals surface area (Å²) >= 11 is 6.12. The first-order valence-corrected chi connectivity index (χ1v) is 8.16. The molecule has 1 aromatic carbocycles. The molecule has 0 spiro atoms. The van der Waals surface area contributed by atoms with Crippen LogP contribution in [-0.4, -0.2) is 39.5 Å². The van der Waals surface area contributed by atoms with Gasteiger partial charge < -0.3 is 4.74 Å². The summed E-state index contributed by atoms with van der Waals surface area (Å²) in [4.78, 5) is 0. The third kappa shape index (κ3) is 5.28. The number of rotatable bonds is 7. The number of nitrogens with one attached hydrogen (secondary N) is 1. The molecule has 0 aliphatic heterocycles. The summed E-state index contributed by atoms with van der Waals surface area (Å²) < 4.78 is 32.2. The van der Waals surface area contributed by atoms with Crippen molar-refractivity contribution in [2.45, 2.75) is 26.4 Å². The molecule has 5 nitrogen and oxygen atoms in total. The molecule has 1 aromatic rings. The smallest absolute Gasteiger partial charge is 0.278 e. The zero-order chi connectivity index (χ0) is 15.3. The molecule has 1 rings (SSSR count). The minimum Gasteiger partial charge on any atom is -0.489 e. The average molecular weight is 321 g/mol. The summed E-state index contributed by atoms with van der Waals surface area (Å²) in [7, 11) is -0.410. The number of benzene rings is 1. The first-order valence-electron chi connectivity index (χ1n) is 6.34. The Hall–Kier alpha value is -0.820. The maximum Gasteiger partial charge on any atom is 0.278 e. The first-order chi connectivity index (χ1) is 9.22. The molecule has 20 heavy (non-hydrogen) atoms. The molecule has 1 N–H and O–H groups in total. The van der Waals surface area contributed by atoms with E-state index in [4.69, 9.17) is 16.3 Å². The first kappa shape index (κ1) is 17.2. The van der Waals surface area contributed by atoms with Gasteiger partial charge in [0.05, 0.1) is 11.1 Å². The van der Waals surface area contributed by atoms with E-state index in [2.05, 4.69) is 4.72 Å². The lowest BCUT2D eigenvalue weighted by Gasteiger charge is -2.14. The monoisotopic (exact) mass is 320 g/mol. The Morgan fingerprint density at radius 2 is 2.00 bits per heavy atom. The largest absolute Gasteiger partial charge is 0.489 e. The molecule has 0 unspecified atom stereocenters. The van der Waals surface area contributed by atoms with Crippen molar-refractivity contribution >= 4 is 21.8 Å². The highest BCUT2D eigenvalue weighted by molar-refractivity contribution is 7.87. The third-order valence-electron chi connectivity index (χ3n) is 2.54. The van der Waals surface area contributed by atoms with E-state index >= 15 is 0 Å². The molecule has 0 atom stereocenters. The predicted molar refractivity (Wildman–Crippen MR) is 81.5 cm³/mol. The fraction of sp³-hybridized carbons (Fsp3) is 0.538. The highest BCUT2D eigenvalue weighted by atomic mass is 35.5. The maximum atomic E-state index is 11.5. The highest BCUT2D eigenvalue weighted by Crippen LogP contribution is 2.26. The van der Waals surface area contributed by atoms with Gasteiger partial charge in [0.1, 0.15) is 5.75 Å². The Bertz CT molecular complexity index is 545. The van der Waals surface area contributed by atoms with Crippen molar-refractivity contribution in [1.29, 1.82) is 0 Å². The van der Waals surface area contributed by atoms with E-state index in [0.717, 1.165) is 9.87 Å². The van der Waals surface area contributed by atoms with Gasteiger partial charge >= 0.3 is 0 Å². The van der Waals surface area contributed by atoms with Crippen LogP contribution in [0.1, 0.15) is 19.4 Å². The van der Waals surface area contributed by atoms with E-state index in [1.54, 1.807) is 12.1 Å². The lowest BCUT2D eigenvalue weighted by atomic mass is 10.1. The van der Waals surface area contributed by atoms with Crippen LogP contribution < -0.4 is 9.46 Å². The molecular formula is C13H21ClN2O3S. The Morgan fingerprint density at radius 3 is 2.50 bits per heavy atom. The van der Waals surface area contributed by atoms with E-state index < -0.39 is 10.2 Å². The van der Waals surface area contributed by atoms with Crippen LogP contribution in [-0.2, 0) is 16.6 Å². The molecule has 0 radical (unpaired) electrons. The summed E-state index contributed by atoms with van der Waals surface area (Å²) in [6.07, 6.45) is 0.625. The molecule has 0 fully saturated rings. The van der Waals surface area contributed by atoms with Crippen LogP contribution in [0.15, 0.2) is 18.2 Å². The van der Waals surface area contributed by atoms with Crippen LogP contribution in [0, 0.1) is 0 Å². The van der Waals surface area contributed by atoms with E-state index in [1.165, 1.54) is 14.1 Å². The molecule has 0 aliphatic rings. The van der Waals surface area contributed by atoms with Crippen molar-refractivity contribution < 1.29 is 13.2 Å². The summed E-state index contributed by atoms with van der Waals surface area (Å²) in [5.41, 5.74) is 0.951. The Kier molecular flexibility index (Phi) is 6.26. The van der Waals surface area contributed by atoms with E-state index in [-0.39, 0.29) is 6.10 Å². The lowest BCUT2D eigenvalue weighted by Crippen LogP contribution is -2.36. The molecular weight excluding hydrogens is 300 g/mol. The SMILES string of the molecule is CC(C)Oc1ccc(CCNS(=O)(=O)N(C)C)cc1Cl. The molecule has 0 aromatic heterocycles. The van der Waals surface area contributed by atoms with Gasteiger partial charge in [-0.05, 0) is 38.0 Å². The van der Waals surface area contributed by atoms with Gasteiger partial charge in [-0.3, -0.25) is 0 Å². The number of hydrogen-bond acceptors (Lipinski definition) is 3. The molecule has 0 aliphatic carbocycles. The molecule has 0 bridgehead atoms. The fourth-order valence-electron chi connectivity index (χ4n) is 1.50. The quantitative estimate of drug-likeness (QED) is 0.836. The predicted octanol–water partition coefficient (Wildman–Crippen LogP) is 2.07. The summed E-state index contributed by atoms with van der Waals surface area (Å²) in [5.74, 6) is 0.638. The number of nitrogens with zero attached hydrogens (tertiary/aromatic N) is 1. The van der Waals surface area contributed by atoms with Crippen LogP contribution in [0.3, 0.4) is 0 Å². The van der Waals surface area contributed by atoms with Gasteiger partial charge in [-0.1, -0.05) is 17.7 Å². The van der Waals surface area contributed by atoms with Gasteiger partial charge in [-0.25, -0.2) is 4.72 Å². The minimum atomic E-state index is -3.38. The second-order valence-electron chi connectivity index (χ2n) is 4.86. The van der Waals surface area contributed by atoms with Gasteiger partial charge in [0.25, 0.3) is 10.2 Å². The van der Waals surface area contributed by atoms with Gasteiger partial charge in [-0.15, -0.1) is 0 Å². The van der Waals surface area contributed by atoms with Crippen molar-refractivity contribution in [3.05, 3.63) is 28.8 Å². The van der Waals surface area contributed by atoms with Gasteiger partial charge in [0, 0.05) is 20.6 Å². The maximum absolute atomic E-state index is 11.5. The zero-order valence-corrected chi connectivity index (χ0v) is 13.8. The van der Waals surface area contributed by atoms with E-state index in [9.17, 15) is 8.42 Å². The number of halogens is 1. The Labute approximate surface area is 126 Å². The minimum absolute atomic E-state index is 0.0604. The van der Waals surface area contributed by atoms with E-state index in [1.807, 2.05) is 19.9 Å². The van der Waals surface area contributed by atoms with E-state index in [0.29, 0.717) is 23.7 Å². The third-order valence-corrected chi connectivity index (χ3v) is 4.36. The van der Waals surface area contributed by atoms with Gasteiger partial charge in [0.2, 0.25) is 0 Å². The number of ether oxygens (including phenoxy) is 1. The summed E-state index contributed by atoms with van der Waals surface area (Å²) in [6, 6.07) is 5.48. The number of hydrogen-bond donors (Lipinski definition) is 1. The normalized spacial score (nSPS) is 12.2. The second kappa shape index (κ2) is 7.26. The molecule has 7 heteroatoms. The molecule has 0 amide bonds. The van der Waals surface area contributed by atoms with Crippen molar-refractivity contribution in [2.75, 3.05) is 20.6 Å². The van der Waals surface area contributed by atoms with Gasteiger partial charge in [-0.2, -0.15) is 12.7 Å². The highest BCUT2D eigenvalue weighted by Gasteiger charge is 2.12. The average Bonchev–Trinajstić information content (AvgIpc) is 2.31. The van der Waals surface area contributed by atoms with Crippen LogP contribution in [0.2, 0.25) is 5.02 Å². The summed E-state index contributed by atoms with van der Waals surface area (Å²) in [6.45, 7) is 4.18. The standard InChI is InChI=1S/C13H21ClN2O3S/c1-10(2)19-13-6-5-11(9-12(13)14)7-8-15-20(17,18)16(3)4/h5-6,9-10,15H,7-8H2,1-4H3. The summed E-state index contributed by atoms with van der Waals surface area (Å²) in [5, 5.41) is 0.534. The Morgan fingerprint density at radius 1 is 1.35 bits per heavy atom. The van der Waals surface area contributed by atoms with Crippen molar-refractivity contribution in [2.24, 2.45) is 0 Å². The van der Waals surface area contributed by atoms with Gasteiger partial charge in [0.15, 0.2) is 0 Å². The zero-order valence-electron chi connectivity index (χ0n) is 12.2. The topological polar surface area (TPSA) is 58.6 Å². The molecule has 0 heterocycles. The van der Waals surface area contributed by atoms with Crippen LogP contribution >= 0.6 is 11.6 Å². The van der Waals surface area contributed by atoms with Crippen LogP contribution in [0.25, 0.3) is 0 Å². The molecule has 0 saturated heterocycles. The lowest BCUT2D eigenvalue weighted by molar-refractivity contribution is 0.242. The van der Waals surface area contributed by atoms with Crippen molar-refractivity contribution in [3.8, 4) is 5.75 Å². The van der Waals surface area contributed by atoms with Crippen LogP contribution in [0.4, 0.5) is 0 Å². The molecule has 114 valence electrons. The molecule has 0 saturated carbocycles.